The highest BCUT2D eigenvalue weighted by molar-refractivity contribution is 5.35. The van der Waals surface area contributed by atoms with Crippen molar-refractivity contribution in [3.63, 3.8) is 0 Å². The van der Waals surface area contributed by atoms with Crippen LogP contribution in [0.25, 0.3) is 0 Å². The molecular weight excluding hydrogens is 246 g/mol. The first-order valence-corrected chi connectivity index (χ1v) is 7.86. The van der Waals surface area contributed by atoms with Gasteiger partial charge in [0.05, 0.1) is 0 Å². The van der Waals surface area contributed by atoms with Crippen molar-refractivity contribution in [2.75, 3.05) is 0 Å². The van der Waals surface area contributed by atoms with Crippen LogP contribution in [0.4, 0.5) is 0 Å². The third-order valence-corrected chi connectivity index (χ3v) is 6.57. The van der Waals surface area contributed by atoms with Crippen molar-refractivity contribution < 1.29 is 5.11 Å². The Morgan fingerprint density at radius 3 is 2.65 bits per heavy atom. The Kier molecular flexibility index (Phi) is 3.13. The van der Waals surface area contributed by atoms with Crippen LogP contribution >= 0.6 is 0 Å². The second-order valence-corrected chi connectivity index (χ2v) is 7.68. The molecule has 2 heteroatoms. The standard InChI is InChI=1S/C18H27NO/c1-12-5-6-15(20)13(9-12)11-19-16-10-14-7-8-18(16,4)17(14,2)3/h5-6,9,14,16,19-20H,7-8,10-11H2,1-4H3. The van der Waals surface area contributed by atoms with Gasteiger partial charge in [-0.3, -0.25) is 0 Å². The Hall–Kier alpha value is -1.02. The van der Waals surface area contributed by atoms with E-state index in [2.05, 4.69) is 39.1 Å². The van der Waals surface area contributed by atoms with Crippen molar-refractivity contribution >= 4 is 0 Å². The van der Waals surface area contributed by atoms with Crippen LogP contribution in [-0.4, -0.2) is 11.1 Å². The first kappa shape index (κ1) is 13.9. The molecule has 1 aromatic carbocycles. The van der Waals surface area contributed by atoms with Crippen molar-refractivity contribution in [2.45, 2.75) is 59.5 Å². The second kappa shape index (κ2) is 4.49. The number of hydrogen-bond acceptors (Lipinski definition) is 2. The average Bonchev–Trinajstić information content (AvgIpc) is 2.72. The lowest BCUT2D eigenvalue weighted by Crippen LogP contribution is -2.44. The lowest BCUT2D eigenvalue weighted by molar-refractivity contribution is 0.120. The monoisotopic (exact) mass is 273 g/mol. The van der Waals surface area contributed by atoms with Crippen molar-refractivity contribution in [3.8, 4) is 5.75 Å². The molecule has 0 saturated heterocycles. The zero-order valence-corrected chi connectivity index (χ0v) is 13.2. The number of hydrogen-bond donors (Lipinski definition) is 2. The molecule has 1 aromatic rings. The number of rotatable bonds is 3. The molecule has 2 fully saturated rings. The smallest absolute Gasteiger partial charge is 0.120 e. The van der Waals surface area contributed by atoms with Gasteiger partial charge in [0.1, 0.15) is 5.75 Å². The van der Waals surface area contributed by atoms with Gasteiger partial charge in [-0.25, -0.2) is 0 Å². The summed E-state index contributed by atoms with van der Waals surface area (Å²) in [5.74, 6) is 1.27. The Morgan fingerprint density at radius 2 is 2.05 bits per heavy atom. The van der Waals surface area contributed by atoms with Crippen molar-refractivity contribution in [2.24, 2.45) is 16.7 Å². The van der Waals surface area contributed by atoms with E-state index in [9.17, 15) is 5.11 Å². The van der Waals surface area contributed by atoms with E-state index in [1.165, 1.54) is 24.8 Å². The molecule has 110 valence electrons. The molecule has 2 nitrogen and oxygen atoms in total. The second-order valence-electron chi connectivity index (χ2n) is 7.68. The molecule has 0 aromatic heterocycles. The lowest BCUT2D eigenvalue weighted by Gasteiger charge is -2.39. The summed E-state index contributed by atoms with van der Waals surface area (Å²) in [6.07, 6.45) is 4.01. The quantitative estimate of drug-likeness (QED) is 0.872. The summed E-state index contributed by atoms with van der Waals surface area (Å²) in [4.78, 5) is 0. The highest BCUT2D eigenvalue weighted by Crippen LogP contribution is 2.65. The van der Waals surface area contributed by atoms with E-state index in [1.54, 1.807) is 6.07 Å². The van der Waals surface area contributed by atoms with Crippen LogP contribution < -0.4 is 5.32 Å². The molecule has 0 amide bonds. The summed E-state index contributed by atoms with van der Waals surface area (Å²) in [5, 5.41) is 13.7. The van der Waals surface area contributed by atoms with Gasteiger partial charge in [0.15, 0.2) is 0 Å². The maximum atomic E-state index is 9.97. The number of phenols is 1. The average molecular weight is 273 g/mol. The normalized spacial score (nSPS) is 34.6. The van der Waals surface area contributed by atoms with E-state index >= 15 is 0 Å². The highest BCUT2D eigenvalue weighted by atomic mass is 16.3. The molecule has 3 rings (SSSR count). The molecule has 20 heavy (non-hydrogen) atoms. The van der Waals surface area contributed by atoms with Crippen LogP contribution in [0.1, 0.15) is 51.2 Å². The molecule has 0 radical (unpaired) electrons. The first-order valence-electron chi connectivity index (χ1n) is 7.86. The number of nitrogens with one attached hydrogen (secondary N) is 1. The molecule has 0 aliphatic heterocycles. The van der Waals surface area contributed by atoms with E-state index in [0.717, 1.165) is 18.0 Å². The van der Waals surface area contributed by atoms with Crippen LogP contribution in [0, 0.1) is 23.7 Å². The zero-order chi connectivity index (χ0) is 14.5. The molecular formula is C18H27NO. The Bertz CT molecular complexity index is 522. The van der Waals surface area contributed by atoms with Crippen molar-refractivity contribution in [1.29, 1.82) is 0 Å². The van der Waals surface area contributed by atoms with Gasteiger partial charge in [-0.1, -0.05) is 38.5 Å². The van der Waals surface area contributed by atoms with Crippen LogP contribution in [-0.2, 0) is 6.54 Å². The Labute approximate surface area is 122 Å². The summed E-state index contributed by atoms with van der Waals surface area (Å²) in [5.41, 5.74) is 3.07. The molecule has 3 atom stereocenters. The molecule has 2 saturated carbocycles. The van der Waals surface area contributed by atoms with Crippen LogP contribution in [0.3, 0.4) is 0 Å². The topological polar surface area (TPSA) is 32.3 Å². The predicted molar refractivity (Wildman–Crippen MR) is 82.7 cm³/mol. The third kappa shape index (κ3) is 1.88. The molecule has 0 spiro atoms. The summed E-state index contributed by atoms with van der Waals surface area (Å²) in [7, 11) is 0. The number of fused-ring (bicyclic) bond motifs is 2. The van der Waals surface area contributed by atoms with Gasteiger partial charge in [0.2, 0.25) is 0 Å². The number of benzene rings is 1. The summed E-state index contributed by atoms with van der Waals surface area (Å²) >= 11 is 0. The fourth-order valence-electron chi connectivity index (χ4n) is 4.60. The molecule has 2 bridgehead atoms. The lowest BCUT2D eigenvalue weighted by atomic mass is 9.69. The van der Waals surface area contributed by atoms with E-state index in [0.29, 0.717) is 22.6 Å². The third-order valence-electron chi connectivity index (χ3n) is 6.57. The number of aromatic hydroxyl groups is 1. The minimum absolute atomic E-state index is 0.400. The largest absolute Gasteiger partial charge is 0.508 e. The maximum Gasteiger partial charge on any atom is 0.120 e. The molecule has 2 aliphatic carbocycles. The van der Waals surface area contributed by atoms with Crippen molar-refractivity contribution in [3.05, 3.63) is 29.3 Å². The summed E-state index contributed by atoms with van der Waals surface area (Å²) < 4.78 is 0. The molecule has 2 N–H and O–H groups in total. The molecule has 0 heterocycles. The summed E-state index contributed by atoms with van der Waals surface area (Å²) in [6, 6.07) is 6.43. The minimum atomic E-state index is 0.400. The highest BCUT2D eigenvalue weighted by Gasteiger charge is 2.60. The number of aryl methyl sites for hydroxylation is 1. The van der Waals surface area contributed by atoms with Crippen molar-refractivity contribution in [1.82, 2.24) is 5.32 Å². The summed E-state index contributed by atoms with van der Waals surface area (Å²) in [6.45, 7) is 10.2. The number of phenolic OH excluding ortho intramolecular Hbond substituents is 1. The van der Waals surface area contributed by atoms with Gasteiger partial charge in [-0.05, 0) is 49.0 Å². The van der Waals surface area contributed by atoms with E-state index in [1.807, 2.05) is 6.07 Å². The van der Waals surface area contributed by atoms with Gasteiger partial charge >= 0.3 is 0 Å². The zero-order valence-electron chi connectivity index (χ0n) is 13.2. The predicted octanol–water partition coefficient (Wildman–Crippen LogP) is 4.01. The van der Waals surface area contributed by atoms with E-state index in [-0.39, 0.29) is 0 Å². The Balaban J connectivity index is 1.73. The fourth-order valence-corrected chi connectivity index (χ4v) is 4.60. The minimum Gasteiger partial charge on any atom is -0.508 e. The van der Waals surface area contributed by atoms with E-state index < -0.39 is 0 Å². The van der Waals surface area contributed by atoms with Gasteiger partial charge in [-0.15, -0.1) is 0 Å². The Morgan fingerprint density at radius 1 is 1.30 bits per heavy atom. The maximum absolute atomic E-state index is 9.97. The first-order chi connectivity index (χ1) is 9.34. The van der Waals surface area contributed by atoms with Crippen LogP contribution in [0.15, 0.2) is 18.2 Å². The fraction of sp³-hybridized carbons (Fsp3) is 0.667. The van der Waals surface area contributed by atoms with Crippen LogP contribution in [0.2, 0.25) is 0 Å². The van der Waals surface area contributed by atoms with Gasteiger partial charge in [-0.2, -0.15) is 0 Å². The van der Waals surface area contributed by atoms with Gasteiger partial charge in [0, 0.05) is 18.2 Å². The van der Waals surface area contributed by atoms with Gasteiger partial charge in [0.25, 0.3) is 0 Å². The van der Waals surface area contributed by atoms with E-state index in [4.69, 9.17) is 0 Å². The van der Waals surface area contributed by atoms with Crippen LogP contribution in [0.5, 0.6) is 5.75 Å². The SMILES string of the molecule is Cc1ccc(O)c(CNC2CC3CCC2(C)C3(C)C)c1. The molecule has 2 aliphatic rings. The molecule has 3 unspecified atom stereocenters. The van der Waals surface area contributed by atoms with Gasteiger partial charge < -0.3 is 10.4 Å².